The Kier molecular flexibility index (Phi) is 6.96. The minimum Gasteiger partial charge on any atom is -0.426 e. The molecule has 3 aromatic rings. The molecule has 30 heavy (non-hydrogen) atoms. The highest BCUT2D eigenvalue weighted by Gasteiger charge is 2.13. The zero-order valence-corrected chi connectivity index (χ0v) is 16.7. The van der Waals surface area contributed by atoms with Crippen LogP contribution in [0, 0.1) is 11.3 Å². The second-order valence-corrected chi connectivity index (χ2v) is 6.86. The SMILES string of the molecule is CC(=O)N(CCC(=O)Oc1ccc(-c2ccc(C#N)cc2)cc1)Cc1ccccc1. The summed E-state index contributed by atoms with van der Waals surface area (Å²) in [6.45, 7) is 2.26. The zero-order valence-electron chi connectivity index (χ0n) is 16.7. The number of carbonyl (C=O) groups excluding carboxylic acids is 2. The monoisotopic (exact) mass is 398 g/mol. The summed E-state index contributed by atoms with van der Waals surface area (Å²) in [5.41, 5.74) is 3.56. The molecule has 150 valence electrons. The molecule has 5 nitrogen and oxygen atoms in total. The van der Waals surface area contributed by atoms with Gasteiger partial charge >= 0.3 is 5.97 Å². The minimum absolute atomic E-state index is 0.0848. The smallest absolute Gasteiger partial charge is 0.312 e. The Morgan fingerprint density at radius 1 is 0.900 bits per heavy atom. The molecule has 0 N–H and O–H groups in total. The molecule has 0 bridgehead atoms. The van der Waals surface area contributed by atoms with Crippen molar-refractivity contribution in [3.05, 3.63) is 90.0 Å². The van der Waals surface area contributed by atoms with E-state index in [0.717, 1.165) is 16.7 Å². The molecule has 0 aromatic heterocycles. The van der Waals surface area contributed by atoms with E-state index in [0.29, 0.717) is 24.4 Å². The first-order valence-electron chi connectivity index (χ1n) is 9.66. The fraction of sp³-hybridized carbons (Fsp3) is 0.160. The molecular formula is C25H22N2O3. The predicted octanol–water partition coefficient (Wildman–Crippen LogP) is 4.57. The van der Waals surface area contributed by atoms with Gasteiger partial charge in [-0.05, 0) is 41.0 Å². The number of carbonyl (C=O) groups is 2. The van der Waals surface area contributed by atoms with E-state index in [-0.39, 0.29) is 18.3 Å². The number of hydrogen-bond acceptors (Lipinski definition) is 4. The van der Waals surface area contributed by atoms with Crippen LogP contribution in [-0.4, -0.2) is 23.3 Å². The van der Waals surface area contributed by atoms with Crippen molar-refractivity contribution in [2.45, 2.75) is 19.9 Å². The van der Waals surface area contributed by atoms with E-state index in [1.165, 1.54) is 6.92 Å². The normalized spacial score (nSPS) is 10.1. The third-order valence-electron chi connectivity index (χ3n) is 4.68. The first-order chi connectivity index (χ1) is 14.5. The summed E-state index contributed by atoms with van der Waals surface area (Å²) in [5, 5.41) is 8.88. The van der Waals surface area contributed by atoms with Gasteiger partial charge in [0.2, 0.25) is 5.91 Å². The van der Waals surface area contributed by atoms with Crippen molar-refractivity contribution >= 4 is 11.9 Å². The Hall–Kier alpha value is -3.91. The van der Waals surface area contributed by atoms with Crippen molar-refractivity contribution in [2.75, 3.05) is 6.54 Å². The highest BCUT2D eigenvalue weighted by molar-refractivity contribution is 5.76. The molecule has 0 unspecified atom stereocenters. The summed E-state index contributed by atoms with van der Waals surface area (Å²) in [5.74, 6) is -0.0197. The van der Waals surface area contributed by atoms with Crippen LogP contribution >= 0.6 is 0 Å². The first kappa shape index (κ1) is 20.8. The summed E-state index contributed by atoms with van der Waals surface area (Å²) >= 11 is 0. The van der Waals surface area contributed by atoms with Crippen LogP contribution in [0.5, 0.6) is 5.75 Å². The average Bonchev–Trinajstić information content (AvgIpc) is 2.78. The maximum Gasteiger partial charge on any atom is 0.312 e. The van der Waals surface area contributed by atoms with E-state index in [9.17, 15) is 9.59 Å². The van der Waals surface area contributed by atoms with Gasteiger partial charge in [-0.3, -0.25) is 9.59 Å². The second-order valence-electron chi connectivity index (χ2n) is 6.86. The Morgan fingerprint density at radius 2 is 1.50 bits per heavy atom. The van der Waals surface area contributed by atoms with Crippen molar-refractivity contribution in [3.8, 4) is 22.9 Å². The quantitative estimate of drug-likeness (QED) is 0.432. The number of amides is 1. The van der Waals surface area contributed by atoms with Crippen molar-refractivity contribution in [1.29, 1.82) is 5.26 Å². The molecule has 0 radical (unpaired) electrons. The van der Waals surface area contributed by atoms with Gasteiger partial charge in [0, 0.05) is 20.0 Å². The van der Waals surface area contributed by atoms with Gasteiger partial charge in [-0.25, -0.2) is 0 Å². The van der Waals surface area contributed by atoms with Gasteiger partial charge in [-0.1, -0.05) is 54.6 Å². The molecule has 3 rings (SSSR count). The third kappa shape index (κ3) is 5.79. The second kappa shape index (κ2) is 10.0. The van der Waals surface area contributed by atoms with Gasteiger partial charge in [0.25, 0.3) is 0 Å². The predicted molar refractivity (Wildman–Crippen MR) is 114 cm³/mol. The number of esters is 1. The Labute approximate surface area is 176 Å². The Morgan fingerprint density at radius 3 is 2.07 bits per heavy atom. The highest BCUT2D eigenvalue weighted by atomic mass is 16.5. The van der Waals surface area contributed by atoms with E-state index in [1.807, 2.05) is 54.6 Å². The molecule has 0 saturated carbocycles. The van der Waals surface area contributed by atoms with Gasteiger partial charge in [-0.15, -0.1) is 0 Å². The molecule has 0 aliphatic heterocycles. The number of rotatable bonds is 7. The summed E-state index contributed by atoms with van der Waals surface area (Å²) in [6, 6.07) is 26.2. The molecule has 0 aliphatic rings. The van der Waals surface area contributed by atoms with E-state index >= 15 is 0 Å². The van der Waals surface area contributed by atoms with Crippen LogP contribution in [0.1, 0.15) is 24.5 Å². The van der Waals surface area contributed by atoms with Crippen LogP contribution in [0.3, 0.4) is 0 Å². The molecule has 5 heteroatoms. The molecule has 0 aliphatic carbocycles. The number of ether oxygens (including phenoxy) is 1. The third-order valence-corrected chi connectivity index (χ3v) is 4.68. The van der Waals surface area contributed by atoms with E-state index < -0.39 is 0 Å². The van der Waals surface area contributed by atoms with Gasteiger partial charge in [-0.2, -0.15) is 5.26 Å². The van der Waals surface area contributed by atoms with Crippen molar-refractivity contribution in [3.63, 3.8) is 0 Å². The maximum absolute atomic E-state index is 12.2. The number of nitriles is 1. The van der Waals surface area contributed by atoms with Crippen molar-refractivity contribution < 1.29 is 14.3 Å². The number of nitrogens with zero attached hydrogens (tertiary/aromatic N) is 2. The molecule has 0 fully saturated rings. The van der Waals surface area contributed by atoms with Crippen LogP contribution in [-0.2, 0) is 16.1 Å². The molecule has 0 atom stereocenters. The lowest BCUT2D eigenvalue weighted by Gasteiger charge is -2.20. The number of hydrogen-bond donors (Lipinski definition) is 0. The summed E-state index contributed by atoms with van der Waals surface area (Å²) in [6.07, 6.45) is 0.115. The van der Waals surface area contributed by atoms with Crippen LogP contribution in [0.2, 0.25) is 0 Å². The lowest BCUT2D eigenvalue weighted by atomic mass is 10.0. The molecule has 1 amide bonds. The largest absolute Gasteiger partial charge is 0.426 e. The summed E-state index contributed by atoms with van der Waals surface area (Å²) < 4.78 is 5.40. The molecule has 3 aromatic carbocycles. The van der Waals surface area contributed by atoms with Crippen molar-refractivity contribution in [1.82, 2.24) is 4.90 Å². The van der Waals surface area contributed by atoms with Crippen LogP contribution in [0.4, 0.5) is 0 Å². The number of benzene rings is 3. The molecule has 0 heterocycles. The highest BCUT2D eigenvalue weighted by Crippen LogP contribution is 2.23. The van der Waals surface area contributed by atoms with E-state index in [1.54, 1.807) is 29.2 Å². The maximum atomic E-state index is 12.2. The summed E-state index contributed by atoms with van der Waals surface area (Å²) in [7, 11) is 0. The van der Waals surface area contributed by atoms with Gasteiger partial charge in [0.1, 0.15) is 5.75 Å². The van der Waals surface area contributed by atoms with Crippen molar-refractivity contribution in [2.24, 2.45) is 0 Å². The first-order valence-corrected chi connectivity index (χ1v) is 9.66. The fourth-order valence-corrected chi connectivity index (χ4v) is 3.01. The minimum atomic E-state index is -0.388. The standard InChI is InChI=1S/C25H22N2O3/c1-19(28)27(18-21-5-3-2-4-6-21)16-15-25(29)30-24-13-11-23(12-14-24)22-9-7-20(17-26)8-10-22/h2-14H,15-16,18H2,1H3. The van der Waals surface area contributed by atoms with E-state index in [4.69, 9.17) is 10.00 Å². The lowest BCUT2D eigenvalue weighted by Crippen LogP contribution is -2.31. The molecule has 0 saturated heterocycles. The van der Waals surface area contributed by atoms with Gasteiger partial charge in [0.05, 0.1) is 18.1 Å². The van der Waals surface area contributed by atoms with Crippen LogP contribution < -0.4 is 4.74 Å². The molecule has 0 spiro atoms. The van der Waals surface area contributed by atoms with Gasteiger partial charge < -0.3 is 9.64 Å². The zero-order chi connectivity index (χ0) is 21.3. The summed E-state index contributed by atoms with van der Waals surface area (Å²) in [4.78, 5) is 25.7. The van der Waals surface area contributed by atoms with Crippen LogP contribution in [0.25, 0.3) is 11.1 Å². The Bertz CT molecular complexity index is 1040. The lowest BCUT2D eigenvalue weighted by molar-refractivity contribution is -0.136. The average molecular weight is 398 g/mol. The van der Waals surface area contributed by atoms with Crippen LogP contribution in [0.15, 0.2) is 78.9 Å². The fourth-order valence-electron chi connectivity index (χ4n) is 3.01. The Balaban J connectivity index is 1.54. The van der Waals surface area contributed by atoms with E-state index in [2.05, 4.69) is 6.07 Å². The van der Waals surface area contributed by atoms with Gasteiger partial charge in [0.15, 0.2) is 0 Å². The topological polar surface area (TPSA) is 70.4 Å². The molecular weight excluding hydrogens is 376 g/mol.